The van der Waals surface area contributed by atoms with Crippen LogP contribution in [0.3, 0.4) is 0 Å². The number of carbonyl (C=O) groups is 3. The van der Waals surface area contributed by atoms with Crippen LogP contribution in [0.1, 0.15) is 27.6 Å². The highest BCUT2D eigenvalue weighted by molar-refractivity contribution is 7.15. The third-order valence-corrected chi connectivity index (χ3v) is 5.59. The van der Waals surface area contributed by atoms with E-state index in [0.29, 0.717) is 31.3 Å². The zero-order valence-electron chi connectivity index (χ0n) is 14.9. The Labute approximate surface area is 158 Å². The Morgan fingerprint density at radius 1 is 1.30 bits per heavy atom. The number of esters is 1. The molecule has 0 aromatic carbocycles. The second kappa shape index (κ2) is 6.72. The van der Waals surface area contributed by atoms with Gasteiger partial charge >= 0.3 is 5.97 Å². The van der Waals surface area contributed by atoms with Gasteiger partial charge in [-0.1, -0.05) is 11.3 Å². The maximum atomic E-state index is 12.9. The van der Waals surface area contributed by atoms with E-state index in [2.05, 4.69) is 20.0 Å². The number of aryl methyl sites for hydroxylation is 1. The molecule has 1 fully saturated rings. The van der Waals surface area contributed by atoms with E-state index in [4.69, 9.17) is 0 Å². The molecule has 0 N–H and O–H groups in total. The Bertz CT molecular complexity index is 922. The van der Waals surface area contributed by atoms with Crippen molar-refractivity contribution in [2.45, 2.75) is 26.4 Å². The van der Waals surface area contributed by atoms with Crippen LogP contribution in [0.5, 0.6) is 0 Å². The van der Waals surface area contributed by atoms with Crippen LogP contribution >= 0.6 is 11.3 Å². The number of methoxy groups -OCH3 is 1. The lowest BCUT2D eigenvalue weighted by Gasteiger charge is -2.29. The van der Waals surface area contributed by atoms with E-state index in [-0.39, 0.29) is 23.9 Å². The molecular weight excluding hydrogens is 372 g/mol. The molecule has 2 aliphatic rings. The minimum Gasteiger partial charge on any atom is -0.464 e. The number of fused-ring (bicyclic) bond motifs is 1. The van der Waals surface area contributed by atoms with Gasteiger partial charge in [-0.2, -0.15) is 5.10 Å². The van der Waals surface area contributed by atoms with E-state index in [0.717, 1.165) is 10.7 Å². The van der Waals surface area contributed by atoms with Gasteiger partial charge in [0.25, 0.3) is 0 Å². The second-order valence-electron chi connectivity index (χ2n) is 6.50. The van der Waals surface area contributed by atoms with E-state index < -0.39 is 11.9 Å². The van der Waals surface area contributed by atoms with Gasteiger partial charge in [0, 0.05) is 19.5 Å². The number of rotatable bonds is 3. The fourth-order valence-corrected chi connectivity index (χ4v) is 4.08. The van der Waals surface area contributed by atoms with Crippen LogP contribution < -0.4 is 4.90 Å². The molecule has 1 atom stereocenters. The van der Waals surface area contributed by atoms with E-state index in [1.165, 1.54) is 23.3 Å². The van der Waals surface area contributed by atoms with Crippen molar-refractivity contribution in [1.29, 1.82) is 0 Å². The molecule has 1 saturated heterocycles. The molecule has 0 bridgehead atoms. The molecular formula is C16H18N6O4S. The molecule has 11 heteroatoms. The van der Waals surface area contributed by atoms with Crippen molar-refractivity contribution in [2.75, 3.05) is 25.1 Å². The Balaban J connectivity index is 1.45. The molecule has 0 saturated carbocycles. The lowest BCUT2D eigenvalue weighted by molar-refractivity contribution is -0.137. The summed E-state index contributed by atoms with van der Waals surface area (Å²) in [5.41, 5.74) is 1.01. The average molecular weight is 390 g/mol. The third kappa shape index (κ3) is 3.18. The quantitative estimate of drug-likeness (QED) is 0.690. The standard InChI is InChI=1S/C16H18N6O4S/c1-9-17-18-16(27-9)21-7-10(5-13(21)23)14(24)20-3-4-22-11(8-20)6-12(19-22)15(25)26-2/h6,10H,3-5,7-8H2,1-2H3. The first kappa shape index (κ1) is 17.6. The van der Waals surface area contributed by atoms with Gasteiger partial charge in [-0.25, -0.2) is 4.79 Å². The first-order chi connectivity index (χ1) is 13.0. The van der Waals surface area contributed by atoms with E-state index >= 15 is 0 Å². The summed E-state index contributed by atoms with van der Waals surface area (Å²) in [5, 5.41) is 13.5. The van der Waals surface area contributed by atoms with Crippen LogP contribution in [0.25, 0.3) is 0 Å². The summed E-state index contributed by atoms with van der Waals surface area (Å²) in [6, 6.07) is 1.64. The first-order valence-electron chi connectivity index (χ1n) is 8.50. The van der Waals surface area contributed by atoms with Crippen molar-refractivity contribution in [3.63, 3.8) is 0 Å². The molecule has 4 heterocycles. The Hall–Kier alpha value is -2.82. The van der Waals surface area contributed by atoms with Crippen molar-refractivity contribution < 1.29 is 19.1 Å². The highest BCUT2D eigenvalue weighted by atomic mass is 32.1. The van der Waals surface area contributed by atoms with E-state index in [9.17, 15) is 14.4 Å². The largest absolute Gasteiger partial charge is 0.464 e. The molecule has 4 rings (SSSR count). The monoisotopic (exact) mass is 390 g/mol. The van der Waals surface area contributed by atoms with Crippen molar-refractivity contribution in [2.24, 2.45) is 5.92 Å². The number of ether oxygens (including phenoxy) is 1. The van der Waals surface area contributed by atoms with Crippen LogP contribution in [0.2, 0.25) is 0 Å². The number of amides is 2. The van der Waals surface area contributed by atoms with Gasteiger partial charge in [-0.15, -0.1) is 10.2 Å². The molecule has 10 nitrogen and oxygen atoms in total. The molecule has 1 unspecified atom stereocenters. The first-order valence-corrected chi connectivity index (χ1v) is 9.32. The minimum atomic E-state index is -0.501. The number of carbonyl (C=O) groups excluding carboxylic acids is 3. The molecule has 2 aromatic rings. The molecule has 2 amide bonds. The highest BCUT2D eigenvalue weighted by Gasteiger charge is 2.39. The van der Waals surface area contributed by atoms with E-state index in [1.54, 1.807) is 15.6 Å². The summed E-state index contributed by atoms with van der Waals surface area (Å²) in [7, 11) is 1.30. The van der Waals surface area contributed by atoms with Gasteiger partial charge in [0.1, 0.15) is 5.01 Å². The number of anilines is 1. The maximum Gasteiger partial charge on any atom is 0.358 e. The van der Waals surface area contributed by atoms with Crippen LogP contribution in [0.4, 0.5) is 5.13 Å². The van der Waals surface area contributed by atoms with Gasteiger partial charge in [0.2, 0.25) is 16.9 Å². The Morgan fingerprint density at radius 2 is 2.11 bits per heavy atom. The van der Waals surface area contributed by atoms with Gasteiger partial charge in [-0.3, -0.25) is 19.2 Å². The molecule has 2 aromatic heterocycles. The average Bonchev–Trinajstić information content (AvgIpc) is 3.37. The summed E-state index contributed by atoms with van der Waals surface area (Å²) in [4.78, 5) is 40.1. The number of hydrogen-bond donors (Lipinski definition) is 0. The van der Waals surface area contributed by atoms with Gasteiger partial charge < -0.3 is 9.64 Å². The molecule has 0 aliphatic carbocycles. The molecule has 142 valence electrons. The highest BCUT2D eigenvalue weighted by Crippen LogP contribution is 2.29. The Morgan fingerprint density at radius 3 is 2.81 bits per heavy atom. The summed E-state index contributed by atoms with van der Waals surface area (Å²) in [6.45, 7) is 3.47. The zero-order valence-corrected chi connectivity index (χ0v) is 15.7. The van der Waals surface area contributed by atoms with Crippen LogP contribution in [-0.4, -0.2) is 62.9 Å². The second-order valence-corrected chi connectivity index (χ2v) is 7.66. The smallest absolute Gasteiger partial charge is 0.358 e. The fourth-order valence-electron chi connectivity index (χ4n) is 3.37. The van der Waals surface area contributed by atoms with Crippen molar-refractivity contribution in [1.82, 2.24) is 24.9 Å². The molecule has 0 spiro atoms. The van der Waals surface area contributed by atoms with Gasteiger partial charge in [0.05, 0.1) is 31.8 Å². The lowest BCUT2D eigenvalue weighted by Crippen LogP contribution is -2.42. The SMILES string of the molecule is COC(=O)c1cc2n(n1)CCN(C(=O)C1CC(=O)N(c3nnc(C)s3)C1)C2. The normalized spacial score (nSPS) is 19.3. The minimum absolute atomic E-state index is 0.0702. The molecule has 0 radical (unpaired) electrons. The fraction of sp³-hybridized carbons (Fsp3) is 0.500. The zero-order chi connectivity index (χ0) is 19.1. The van der Waals surface area contributed by atoms with Crippen LogP contribution in [0.15, 0.2) is 6.07 Å². The third-order valence-electron chi connectivity index (χ3n) is 4.72. The van der Waals surface area contributed by atoms with Gasteiger partial charge in [-0.05, 0) is 13.0 Å². The van der Waals surface area contributed by atoms with Crippen molar-refractivity contribution in [3.05, 3.63) is 22.5 Å². The van der Waals surface area contributed by atoms with E-state index in [1.807, 2.05) is 6.92 Å². The number of aromatic nitrogens is 4. The van der Waals surface area contributed by atoms with Crippen molar-refractivity contribution in [3.8, 4) is 0 Å². The molecule has 2 aliphatic heterocycles. The maximum absolute atomic E-state index is 12.9. The lowest BCUT2D eigenvalue weighted by atomic mass is 10.1. The summed E-state index contributed by atoms with van der Waals surface area (Å²) >= 11 is 1.34. The predicted octanol–water partition coefficient (Wildman–Crippen LogP) is 0.225. The number of hydrogen-bond acceptors (Lipinski definition) is 8. The van der Waals surface area contributed by atoms with Gasteiger partial charge in [0.15, 0.2) is 5.69 Å². The summed E-state index contributed by atoms with van der Waals surface area (Å²) in [5.74, 6) is -1.09. The summed E-state index contributed by atoms with van der Waals surface area (Å²) < 4.78 is 6.40. The van der Waals surface area contributed by atoms with Crippen LogP contribution in [0, 0.1) is 12.8 Å². The van der Waals surface area contributed by atoms with Crippen molar-refractivity contribution >= 4 is 34.3 Å². The Kier molecular flexibility index (Phi) is 4.38. The topological polar surface area (TPSA) is 111 Å². The number of nitrogens with zero attached hydrogens (tertiary/aromatic N) is 6. The predicted molar refractivity (Wildman–Crippen MR) is 94.1 cm³/mol. The summed E-state index contributed by atoms with van der Waals surface area (Å²) in [6.07, 6.45) is 0.167. The van der Waals surface area contributed by atoms with Crippen LogP contribution in [-0.2, 0) is 27.4 Å². The molecule has 27 heavy (non-hydrogen) atoms.